The third kappa shape index (κ3) is 39.0. The lowest BCUT2D eigenvalue weighted by Crippen LogP contribution is -2.45. The van der Waals surface area contributed by atoms with Crippen molar-refractivity contribution in [2.24, 2.45) is 0 Å². The first-order chi connectivity index (χ1) is 25.5. The highest BCUT2D eigenvalue weighted by Gasteiger charge is 2.27. The monoisotopic (exact) mass is 772 g/mol. The Kier molecular flexibility index (Phi) is 35.9. The predicted molar refractivity (Wildman–Crippen MR) is 226 cm³/mol. The molecule has 0 aromatic heterocycles. The van der Waals surface area contributed by atoms with Crippen LogP contribution in [0, 0.1) is 0 Å². The summed E-state index contributed by atoms with van der Waals surface area (Å²) in [7, 11) is 1.57. The highest BCUT2D eigenvalue weighted by atomic mass is 31.2. The number of quaternary nitrogens is 1. The van der Waals surface area contributed by atoms with Gasteiger partial charge in [-0.3, -0.25) is 13.8 Å². The van der Waals surface area contributed by atoms with Crippen LogP contribution in [0.3, 0.4) is 0 Å². The minimum absolute atomic E-state index is 0.0621. The van der Waals surface area contributed by atoms with Crippen molar-refractivity contribution in [1.82, 2.24) is 5.32 Å². The number of amides is 1. The lowest BCUT2D eigenvalue weighted by Gasteiger charge is -2.25. The third-order valence-corrected chi connectivity index (χ3v) is 10.9. The molecule has 3 atom stereocenters. The molecule has 0 bridgehead atoms. The van der Waals surface area contributed by atoms with Crippen molar-refractivity contribution in [2.45, 2.75) is 212 Å². The van der Waals surface area contributed by atoms with Crippen molar-refractivity contribution >= 4 is 13.7 Å². The second-order valence-corrected chi connectivity index (χ2v) is 17.9. The first-order valence-corrected chi connectivity index (χ1v) is 23.7. The molecule has 0 fully saturated rings. The molecule has 0 aliphatic carbocycles. The molecule has 1 unspecified atom stereocenters. The van der Waals surface area contributed by atoms with Crippen LogP contribution in [0.5, 0.6) is 0 Å². The number of hydrogen-bond acceptors (Lipinski definition) is 5. The number of nitrogens with zero attached hydrogens (tertiary/aromatic N) is 1. The van der Waals surface area contributed by atoms with Gasteiger partial charge in [0.1, 0.15) is 13.2 Å². The van der Waals surface area contributed by atoms with Gasteiger partial charge in [0, 0.05) is 6.42 Å². The molecule has 3 N–H and O–H groups in total. The van der Waals surface area contributed by atoms with E-state index in [0.29, 0.717) is 17.4 Å². The predicted octanol–water partition coefficient (Wildman–Crippen LogP) is 12.1. The Labute approximate surface area is 328 Å². The van der Waals surface area contributed by atoms with Gasteiger partial charge in [-0.15, -0.1) is 0 Å². The first-order valence-electron chi connectivity index (χ1n) is 22.2. The van der Waals surface area contributed by atoms with E-state index in [2.05, 4.69) is 31.3 Å². The summed E-state index contributed by atoms with van der Waals surface area (Å²) in [6.45, 7) is 4.80. The average molecular weight is 772 g/mol. The summed E-state index contributed by atoms with van der Waals surface area (Å²) in [5.74, 6) is -0.180. The number of aliphatic hydroxyl groups excluding tert-OH is 1. The number of nitrogens with one attached hydrogen (secondary N) is 1. The Morgan fingerprint density at radius 3 is 1.45 bits per heavy atom. The van der Waals surface area contributed by atoms with Crippen molar-refractivity contribution in [3.8, 4) is 0 Å². The molecule has 0 aromatic rings. The van der Waals surface area contributed by atoms with Crippen molar-refractivity contribution in [1.29, 1.82) is 0 Å². The molecule has 0 aromatic carbocycles. The second kappa shape index (κ2) is 36.6. The molecule has 0 spiro atoms. The molecular formula is C44H88N2O6P+. The van der Waals surface area contributed by atoms with Crippen LogP contribution in [-0.4, -0.2) is 73.4 Å². The lowest BCUT2D eigenvalue weighted by molar-refractivity contribution is -0.870. The molecule has 0 aliphatic rings. The van der Waals surface area contributed by atoms with Crippen molar-refractivity contribution in [3.05, 3.63) is 24.3 Å². The number of unbranched alkanes of at least 4 members (excludes halogenated alkanes) is 25. The number of carbonyl (C=O) groups is 1. The molecule has 314 valence electrons. The van der Waals surface area contributed by atoms with Crippen LogP contribution in [0.1, 0.15) is 200 Å². The SMILES string of the molecule is CCCCCCCC/C=C/CCCCCCCCCCCC(=O)N[C@@H](COP(=O)(O)OCC[N+](C)(C)C)[C@H](O)/C=C/CCCCCCCCCCCC. The number of rotatable bonds is 40. The molecule has 1 amide bonds. The van der Waals surface area contributed by atoms with E-state index < -0.39 is 20.0 Å². The van der Waals surface area contributed by atoms with Gasteiger partial charge in [-0.1, -0.05) is 173 Å². The lowest BCUT2D eigenvalue weighted by atomic mass is 10.0. The zero-order valence-electron chi connectivity index (χ0n) is 35.5. The number of hydrogen-bond donors (Lipinski definition) is 3. The van der Waals surface area contributed by atoms with Crippen molar-refractivity contribution in [2.75, 3.05) is 40.9 Å². The standard InChI is InChI=1S/C44H87N2O6P/c1-6-8-10-12-14-16-18-20-21-22-23-24-25-26-28-30-32-34-36-38-44(48)45-42(41-52-53(49,50)51-40-39-46(3,4)5)43(47)37-35-33-31-29-27-19-17-15-13-11-9-7-2/h20-21,35,37,42-43,47H,6-19,22-34,36,38-41H2,1-5H3,(H-,45,48,49,50)/p+1/b21-20+,37-35+/t42-,43+/m0/s1. The fourth-order valence-corrected chi connectivity index (χ4v) is 7.07. The topological polar surface area (TPSA) is 105 Å². The summed E-state index contributed by atoms with van der Waals surface area (Å²) in [6, 6.07) is -0.843. The number of phosphoric acid groups is 1. The summed E-state index contributed by atoms with van der Waals surface area (Å²) in [6.07, 6.45) is 42.4. The summed E-state index contributed by atoms with van der Waals surface area (Å²) < 4.78 is 23.5. The Morgan fingerprint density at radius 2 is 1.02 bits per heavy atom. The maximum atomic E-state index is 12.9. The van der Waals surface area contributed by atoms with E-state index in [-0.39, 0.29) is 19.1 Å². The fourth-order valence-electron chi connectivity index (χ4n) is 6.33. The third-order valence-electron chi connectivity index (χ3n) is 9.92. The van der Waals surface area contributed by atoms with Gasteiger partial charge < -0.3 is 19.8 Å². The van der Waals surface area contributed by atoms with Gasteiger partial charge in [-0.25, -0.2) is 4.57 Å². The number of carbonyl (C=O) groups excluding carboxylic acids is 1. The van der Waals surface area contributed by atoms with E-state index >= 15 is 0 Å². The molecule has 0 heterocycles. The fraction of sp³-hybridized carbons (Fsp3) is 0.886. The summed E-state index contributed by atoms with van der Waals surface area (Å²) >= 11 is 0. The highest BCUT2D eigenvalue weighted by molar-refractivity contribution is 7.47. The molecule has 0 aliphatic heterocycles. The van der Waals surface area contributed by atoms with Gasteiger partial charge in [0.05, 0.1) is 39.9 Å². The smallest absolute Gasteiger partial charge is 0.387 e. The quantitative estimate of drug-likeness (QED) is 0.0248. The van der Waals surface area contributed by atoms with Crippen molar-refractivity contribution in [3.63, 3.8) is 0 Å². The van der Waals surface area contributed by atoms with E-state index in [1.165, 1.54) is 141 Å². The minimum atomic E-state index is -4.33. The van der Waals surface area contributed by atoms with Crippen LogP contribution < -0.4 is 5.32 Å². The zero-order valence-corrected chi connectivity index (χ0v) is 36.4. The summed E-state index contributed by atoms with van der Waals surface area (Å²) in [4.78, 5) is 23.1. The molecule has 8 nitrogen and oxygen atoms in total. The zero-order chi connectivity index (χ0) is 39.3. The largest absolute Gasteiger partial charge is 0.472 e. The molecule has 0 radical (unpaired) electrons. The second-order valence-electron chi connectivity index (χ2n) is 16.4. The van der Waals surface area contributed by atoms with Gasteiger partial charge in [0.2, 0.25) is 5.91 Å². The molecule has 0 rings (SSSR count). The maximum Gasteiger partial charge on any atom is 0.472 e. The average Bonchev–Trinajstić information content (AvgIpc) is 3.10. The Morgan fingerprint density at radius 1 is 0.623 bits per heavy atom. The van der Waals surface area contributed by atoms with Gasteiger partial charge in [0.15, 0.2) is 0 Å². The van der Waals surface area contributed by atoms with Gasteiger partial charge in [-0.2, -0.15) is 0 Å². The summed E-state index contributed by atoms with van der Waals surface area (Å²) in [5.41, 5.74) is 0. The van der Waals surface area contributed by atoms with Gasteiger partial charge in [-0.05, 0) is 44.9 Å². The van der Waals surface area contributed by atoms with E-state index in [1.54, 1.807) is 6.08 Å². The molecule has 53 heavy (non-hydrogen) atoms. The van der Waals surface area contributed by atoms with E-state index in [9.17, 15) is 19.4 Å². The summed E-state index contributed by atoms with van der Waals surface area (Å²) in [5, 5.41) is 13.8. The van der Waals surface area contributed by atoms with Crippen LogP contribution in [0.2, 0.25) is 0 Å². The van der Waals surface area contributed by atoms with Crippen LogP contribution >= 0.6 is 7.82 Å². The van der Waals surface area contributed by atoms with E-state index in [0.717, 1.165) is 38.5 Å². The van der Waals surface area contributed by atoms with Gasteiger partial charge >= 0.3 is 7.82 Å². The van der Waals surface area contributed by atoms with Gasteiger partial charge in [0.25, 0.3) is 0 Å². The number of phosphoric ester groups is 1. The normalized spacial score (nSPS) is 14.6. The maximum absolute atomic E-state index is 12.9. The van der Waals surface area contributed by atoms with E-state index in [1.807, 2.05) is 27.2 Å². The first kappa shape index (κ1) is 52.0. The molecule has 0 saturated carbocycles. The number of aliphatic hydroxyl groups is 1. The minimum Gasteiger partial charge on any atom is -0.387 e. The van der Waals surface area contributed by atoms with Crippen LogP contribution in [0.25, 0.3) is 0 Å². The number of allylic oxidation sites excluding steroid dienone is 3. The molecular weight excluding hydrogens is 683 g/mol. The Bertz CT molecular complexity index is 922. The Hall–Kier alpha value is -1.02. The molecule has 9 heteroatoms. The Balaban J connectivity index is 4.36. The van der Waals surface area contributed by atoms with E-state index in [4.69, 9.17) is 9.05 Å². The highest BCUT2D eigenvalue weighted by Crippen LogP contribution is 2.43. The molecule has 0 saturated heterocycles. The van der Waals surface area contributed by atoms with Crippen LogP contribution in [0.4, 0.5) is 0 Å². The van der Waals surface area contributed by atoms with Crippen molar-refractivity contribution < 1.29 is 32.9 Å². The van der Waals surface area contributed by atoms with Crippen LogP contribution in [0.15, 0.2) is 24.3 Å². The van der Waals surface area contributed by atoms with Crippen LogP contribution in [-0.2, 0) is 18.4 Å². The number of likely N-dealkylation sites (N-methyl/N-ethyl adjacent to an activating group) is 1.